The van der Waals surface area contributed by atoms with Crippen molar-refractivity contribution in [3.05, 3.63) is 95.6 Å². The zero-order valence-corrected chi connectivity index (χ0v) is 32.1. The number of esters is 1. The highest BCUT2D eigenvalue weighted by molar-refractivity contribution is 5.87. The number of carboxylic acid groups (broad SMARTS) is 1. The van der Waals surface area contributed by atoms with E-state index in [1.54, 1.807) is 12.4 Å². The summed E-state index contributed by atoms with van der Waals surface area (Å²) in [6.07, 6.45) is 11.8. The minimum atomic E-state index is -1.11. The Balaban J connectivity index is 0.000000179. The van der Waals surface area contributed by atoms with Crippen LogP contribution in [-0.2, 0) is 24.0 Å². The van der Waals surface area contributed by atoms with Crippen LogP contribution in [0.1, 0.15) is 82.7 Å². The molecule has 2 amide bonds. The van der Waals surface area contributed by atoms with E-state index in [1.165, 1.54) is 53.9 Å². The number of nitrogens with zero attached hydrogens (tertiary/aromatic N) is 10. The quantitative estimate of drug-likeness (QED) is 0.251. The normalized spacial score (nSPS) is 19.9. The van der Waals surface area contributed by atoms with Crippen molar-refractivity contribution >= 4 is 35.6 Å². The van der Waals surface area contributed by atoms with Gasteiger partial charge in [0.25, 0.3) is 0 Å². The summed E-state index contributed by atoms with van der Waals surface area (Å²) in [4.78, 5) is 88.2. The lowest BCUT2D eigenvalue weighted by atomic mass is 9.95. The number of pyridine rings is 2. The highest BCUT2D eigenvalue weighted by Crippen LogP contribution is 2.35. The van der Waals surface area contributed by atoms with E-state index in [1.807, 2.05) is 9.80 Å². The van der Waals surface area contributed by atoms with Gasteiger partial charge in [0.05, 0.1) is 44.8 Å². The van der Waals surface area contributed by atoms with E-state index in [0.29, 0.717) is 101 Å². The van der Waals surface area contributed by atoms with Gasteiger partial charge in [-0.15, -0.1) is 0 Å². The second-order valence-electron chi connectivity index (χ2n) is 14.3. The predicted octanol–water partition coefficient (Wildman–Crippen LogP) is 3.75. The van der Waals surface area contributed by atoms with Gasteiger partial charge in [0.1, 0.15) is 11.6 Å². The van der Waals surface area contributed by atoms with Crippen LogP contribution in [0.4, 0.5) is 20.7 Å². The average molecular weight is 817 g/mol. The molecule has 2 atom stereocenters. The maximum Gasteiger partial charge on any atom is 0.356 e. The Morgan fingerprint density at radius 3 is 1.54 bits per heavy atom. The van der Waals surface area contributed by atoms with Crippen molar-refractivity contribution in [2.24, 2.45) is 11.8 Å². The van der Waals surface area contributed by atoms with E-state index in [4.69, 9.17) is 19.5 Å². The Morgan fingerprint density at radius 1 is 0.678 bits per heavy atom. The third kappa shape index (κ3) is 9.55. The van der Waals surface area contributed by atoms with Gasteiger partial charge in [-0.1, -0.05) is 0 Å². The summed E-state index contributed by atoms with van der Waals surface area (Å²) in [5.74, 6) is -2.42. The number of halogens is 2. The van der Waals surface area contributed by atoms with E-state index in [-0.39, 0.29) is 47.1 Å². The smallest absolute Gasteiger partial charge is 0.356 e. The molecule has 0 saturated carbocycles. The molecule has 4 aromatic heterocycles. The van der Waals surface area contributed by atoms with Crippen LogP contribution >= 0.6 is 0 Å². The van der Waals surface area contributed by atoms with Crippen LogP contribution in [0.2, 0.25) is 0 Å². The van der Waals surface area contributed by atoms with Gasteiger partial charge in [-0.05, 0) is 61.1 Å². The summed E-state index contributed by atoms with van der Waals surface area (Å²) in [5, 5.41) is 11.8. The molecular formula is C39H42F2N10O8. The van der Waals surface area contributed by atoms with Crippen LogP contribution in [0.25, 0.3) is 0 Å². The number of hydrogen-bond donors (Lipinski definition) is 1. The van der Waals surface area contributed by atoms with Gasteiger partial charge in [0, 0.05) is 75.6 Å². The van der Waals surface area contributed by atoms with Gasteiger partial charge in [0.15, 0.2) is 11.4 Å². The van der Waals surface area contributed by atoms with Crippen molar-refractivity contribution in [3.63, 3.8) is 0 Å². The summed E-state index contributed by atoms with van der Waals surface area (Å²) in [5.41, 5.74) is 1.38. The number of hydroxylamine groups is 4. The maximum atomic E-state index is 13.6. The Bertz CT molecular complexity index is 2150. The van der Waals surface area contributed by atoms with E-state index in [9.17, 15) is 28.0 Å². The molecule has 0 aromatic carbocycles. The standard InChI is InChI=1S/C20H22FN5O4.C19H20FN5O4/c1-29-19(28)16-2-6-23-20(24-16)25-7-3-13(4-8-25)18(27)26-17(5-9-30-26)14-10-15(21)12-22-11-14;20-14-9-13(10-21-11-14)16-4-8-29-25(16)17(26)12-2-6-24(7-3-12)19-22-5-1-15(23-19)18(27)28/h2,6,10-13,17H,3-5,7-9H2,1H3;1,5,9-12,16H,2-4,6-8H2,(H,27,28). The first-order valence-corrected chi connectivity index (χ1v) is 19.2. The third-order valence-electron chi connectivity index (χ3n) is 10.6. The zero-order chi connectivity index (χ0) is 41.5. The number of rotatable bonds is 8. The van der Waals surface area contributed by atoms with Gasteiger partial charge in [-0.2, -0.15) is 0 Å². The lowest BCUT2D eigenvalue weighted by molar-refractivity contribution is -0.182. The molecule has 1 N–H and O–H groups in total. The van der Waals surface area contributed by atoms with Crippen LogP contribution in [0.15, 0.2) is 61.4 Å². The molecule has 0 radical (unpaired) electrons. The van der Waals surface area contributed by atoms with Crippen LogP contribution in [-0.4, -0.2) is 115 Å². The first-order chi connectivity index (χ1) is 28.6. The molecule has 4 fully saturated rings. The molecule has 18 nitrogen and oxygen atoms in total. The predicted molar refractivity (Wildman–Crippen MR) is 201 cm³/mol. The summed E-state index contributed by atoms with van der Waals surface area (Å²) in [7, 11) is 1.30. The molecule has 310 valence electrons. The van der Waals surface area contributed by atoms with Crippen molar-refractivity contribution < 1.29 is 47.5 Å². The first-order valence-electron chi connectivity index (χ1n) is 19.2. The fourth-order valence-electron chi connectivity index (χ4n) is 7.55. The SMILES string of the molecule is COC(=O)c1ccnc(N2CCC(C(=O)N3OCCC3c3cncc(F)c3)CC2)n1.O=C(O)c1ccnc(N2CCC(C(=O)N3OCCC3c3cncc(F)c3)CC2)n1. The molecule has 4 aliphatic heterocycles. The van der Waals surface area contributed by atoms with E-state index in [2.05, 4.69) is 29.9 Å². The number of carboxylic acids is 1. The van der Waals surface area contributed by atoms with Gasteiger partial charge in [-0.25, -0.2) is 48.4 Å². The van der Waals surface area contributed by atoms with E-state index >= 15 is 0 Å². The van der Waals surface area contributed by atoms with Crippen LogP contribution in [0.5, 0.6) is 0 Å². The van der Waals surface area contributed by atoms with Crippen molar-refractivity contribution in [1.82, 2.24) is 40.0 Å². The molecular weight excluding hydrogens is 774 g/mol. The molecule has 0 bridgehead atoms. The number of anilines is 2. The van der Waals surface area contributed by atoms with Crippen molar-refractivity contribution in [2.45, 2.75) is 50.6 Å². The summed E-state index contributed by atoms with van der Waals surface area (Å²) >= 11 is 0. The largest absolute Gasteiger partial charge is 0.477 e. The fourth-order valence-corrected chi connectivity index (χ4v) is 7.55. The highest BCUT2D eigenvalue weighted by atomic mass is 19.1. The topological polar surface area (TPSA) is 206 Å². The highest BCUT2D eigenvalue weighted by Gasteiger charge is 2.39. The van der Waals surface area contributed by atoms with Crippen molar-refractivity contribution in [2.75, 3.05) is 56.3 Å². The number of carbonyl (C=O) groups excluding carboxylic acids is 3. The van der Waals surface area contributed by atoms with Crippen LogP contribution in [0.3, 0.4) is 0 Å². The molecule has 8 heterocycles. The molecule has 0 spiro atoms. The molecule has 8 rings (SSSR count). The average Bonchev–Trinajstić information content (AvgIpc) is 3.98. The van der Waals surface area contributed by atoms with Gasteiger partial charge >= 0.3 is 11.9 Å². The number of aromatic nitrogens is 6. The molecule has 20 heteroatoms. The van der Waals surface area contributed by atoms with Gasteiger partial charge in [0.2, 0.25) is 23.7 Å². The molecule has 4 aromatic rings. The second kappa shape index (κ2) is 18.5. The number of carbonyl (C=O) groups is 4. The van der Waals surface area contributed by atoms with Crippen LogP contribution in [0, 0.1) is 23.5 Å². The Labute approximate surface area is 337 Å². The zero-order valence-electron chi connectivity index (χ0n) is 32.1. The van der Waals surface area contributed by atoms with E-state index in [0.717, 1.165) is 12.4 Å². The number of aromatic carboxylic acids is 1. The lowest BCUT2D eigenvalue weighted by Gasteiger charge is -2.34. The third-order valence-corrected chi connectivity index (χ3v) is 10.6. The van der Waals surface area contributed by atoms with Crippen molar-refractivity contribution in [3.8, 4) is 0 Å². The Morgan fingerprint density at radius 2 is 1.12 bits per heavy atom. The number of piperidine rings is 2. The minimum Gasteiger partial charge on any atom is -0.477 e. The minimum absolute atomic E-state index is 0.0646. The second-order valence-corrected chi connectivity index (χ2v) is 14.3. The van der Waals surface area contributed by atoms with Crippen LogP contribution < -0.4 is 9.80 Å². The number of ether oxygens (including phenoxy) is 1. The first kappa shape index (κ1) is 40.9. The maximum absolute atomic E-state index is 13.6. The van der Waals surface area contributed by atoms with Gasteiger partial charge in [-0.3, -0.25) is 29.2 Å². The summed E-state index contributed by atoms with van der Waals surface area (Å²) in [6, 6.07) is 4.92. The molecule has 0 aliphatic carbocycles. The van der Waals surface area contributed by atoms with Gasteiger partial charge < -0.3 is 19.6 Å². The number of hydrogen-bond acceptors (Lipinski definition) is 15. The molecule has 4 aliphatic rings. The van der Waals surface area contributed by atoms with E-state index < -0.39 is 23.6 Å². The fraction of sp³-hybridized carbons (Fsp3) is 0.436. The summed E-state index contributed by atoms with van der Waals surface area (Å²) < 4.78 is 31.8. The number of methoxy groups -OCH3 is 1. The molecule has 59 heavy (non-hydrogen) atoms. The monoisotopic (exact) mass is 816 g/mol. The molecule has 4 saturated heterocycles. The summed E-state index contributed by atoms with van der Waals surface area (Å²) in [6.45, 7) is 2.99. The number of amides is 2. The van der Waals surface area contributed by atoms with Crippen molar-refractivity contribution in [1.29, 1.82) is 0 Å². The Hall–Kier alpha value is -6.28. The lowest BCUT2D eigenvalue weighted by Crippen LogP contribution is -2.42. The molecule has 2 unspecified atom stereocenters. The Kier molecular flexibility index (Phi) is 12.9.